The Morgan fingerprint density at radius 2 is 1.68 bits per heavy atom. The second-order valence-corrected chi connectivity index (χ2v) is 7.97. The summed E-state index contributed by atoms with van der Waals surface area (Å²) in [5.41, 5.74) is 2.27. The van der Waals surface area contributed by atoms with Crippen LogP contribution in [0.2, 0.25) is 0 Å². The lowest BCUT2D eigenvalue weighted by Crippen LogP contribution is -2.49. The van der Waals surface area contributed by atoms with Crippen LogP contribution in [0.15, 0.2) is 60.0 Å². The zero-order valence-electron chi connectivity index (χ0n) is 16.8. The number of amides is 3. The van der Waals surface area contributed by atoms with Gasteiger partial charge < -0.3 is 15.1 Å². The Morgan fingerprint density at radius 1 is 0.968 bits per heavy atom. The van der Waals surface area contributed by atoms with Gasteiger partial charge in [-0.3, -0.25) is 10.1 Å². The van der Waals surface area contributed by atoms with Crippen molar-refractivity contribution in [1.82, 2.24) is 9.88 Å². The lowest BCUT2D eigenvalue weighted by atomic mass is 10.2. The molecule has 0 unspecified atom stereocenters. The summed E-state index contributed by atoms with van der Waals surface area (Å²) in [5, 5.41) is 7.41. The van der Waals surface area contributed by atoms with Gasteiger partial charge in [0.05, 0.1) is 12.1 Å². The van der Waals surface area contributed by atoms with Gasteiger partial charge in [-0.15, -0.1) is 11.3 Å². The van der Waals surface area contributed by atoms with Crippen molar-refractivity contribution in [2.45, 2.75) is 6.42 Å². The summed E-state index contributed by atoms with van der Waals surface area (Å²) < 4.78 is 12.9. The molecule has 3 aromatic rings. The molecule has 1 fully saturated rings. The van der Waals surface area contributed by atoms with Crippen LogP contribution in [0, 0.1) is 5.82 Å². The van der Waals surface area contributed by atoms with E-state index in [-0.39, 0.29) is 18.1 Å². The predicted octanol–water partition coefficient (Wildman–Crippen LogP) is 3.82. The molecule has 0 aliphatic carbocycles. The molecule has 1 aliphatic heterocycles. The van der Waals surface area contributed by atoms with Crippen molar-refractivity contribution in [3.63, 3.8) is 0 Å². The van der Waals surface area contributed by atoms with E-state index in [2.05, 4.69) is 32.7 Å². The SMILES string of the molecule is O=C(Nc1ccc(F)cc1)Nc1nc(CC(=O)N2CCN(c3ccccc3)CC2)cs1. The van der Waals surface area contributed by atoms with Gasteiger partial charge in [-0.1, -0.05) is 18.2 Å². The van der Waals surface area contributed by atoms with Gasteiger partial charge in [0, 0.05) is 42.9 Å². The Balaban J connectivity index is 1.25. The van der Waals surface area contributed by atoms with E-state index in [9.17, 15) is 14.0 Å². The number of halogens is 1. The maximum Gasteiger partial charge on any atom is 0.325 e. The van der Waals surface area contributed by atoms with Gasteiger partial charge in [-0.25, -0.2) is 14.2 Å². The molecule has 2 heterocycles. The number of nitrogens with zero attached hydrogens (tertiary/aromatic N) is 3. The molecule has 0 bridgehead atoms. The van der Waals surface area contributed by atoms with Crippen molar-refractivity contribution in [3.8, 4) is 0 Å². The van der Waals surface area contributed by atoms with Crippen molar-refractivity contribution in [3.05, 3.63) is 71.5 Å². The van der Waals surface area contributed by atoms with E-state index >= 15 is 0 Å². The van der Waals surface area contributed by atoms with Crippen LogP contribution in [-0.2, 0) is 11.2 Å². The van der Waals surface area contributed by atoms with Gasteiger partial charge in [-0.05, 0) is 36.4 Å². The number of rotatable bonds is 5. The Labute approximate surface area is 183 Å². The number of anilines is 3. The number of aromatic nitrogens is 1. The maximum atomic E-state index is 12.9. The fourth-order valence-electron chi connectivity index (χ4n) is 3.36. The van der Waals surface area contributed by atoms with Gasteiger partial charge >= 0.3 is 6.03 Å². The number of hydrogen-bond donors (Lipinski definition) is 2. The summed E-state index contributed by atoms with van der Waals surface area (Å²) in [6.45, 7) is 2.93. The lowest BCUT2D eigenvalue weighted by molar-refractivity contribution is -0.130. The van der Waals surface area contributed by atoms with E-state index in [1.54, 1.807) is 5.38 Å². The number of para-hydroxylation sites is 1. The summed E-state index contributed by atoms with van der Waals surface area (Å²) in [7, 11) is 0. The third-order valence-electron chi connectivity index (χ3n) is 4.96. The molecular weight excluding hydrogens is 417 g/mol. The Hall–Kier alpha value is -3.46. The molecule has 1 saturated heterocycles. The van der Waals surface area contributed by atoms with Crippen molar-refractivity contribution >= 4 is 39.8 Å². The molecule has 0 radical (unpaired) electrons. The molecule has 7 nitrogen and oxygen atoms in total. The van der Waals surface area contributed by atoms with Crippen molar-refractivity contribution in [1.29, 1.82) is 0 Å². The fourth-order valence-corrected chi connectivity index (χ4v) is 4.06. The van der Waals surface area contributed by atoms with Gasteiger partial charge in [0.25, 0.3) is 0 Å². The first kappa shape index (κ1) is 20.8. The number of thiazole rings is 1. The molecule has 1 aliphatic rings. The number of carbonyl (C=O) groups excluding carboxylic acids is 2. The highest BCUT2D eigenvalue weighted by molar-refractivity contribution is 7.14. The molecule has 1 aromatic heterocycles. The number of carbonyl (C=O) groups is 2. The van der Waals surface area contributed by atoms with E-state index in [1.165, 1.54) is 41.3 Å². The van der Waals surface area contributed by atoms with Crippen molar-refractivity contribution < 1.29 is 14.0 Å². The zero-order chi connectivity index (χ0) is 21.6. The van der Waals surface area contributed by atoms with E-state index in [1.807, 2.05) is 23.1 Å². The zero-order valence-corrected chi connectivity index (χ0v) is 17.6. The lowest BCUT2D eigenvalue weighted by Gasteiger charge is -2.36. The Bertz CT molecular complexity index is 1030. The Morgan fingerprint density at radius 3 is 2.39 bits per heavy atom. The average molecular weight is 440 g/mol. The van der Waals surface area contributed by atoms with Gasteiger partial charge in [0.1, 0.15) is 5.82 Å². The van der Waals surface area contributed by atoms with E-state index in [4.69, 9.17) is 0 Å². The number of benzene rings is 2. The van der Waals surface area contributed by atoms with Crippen LogP contribution in [0.3, 0.4) is 0 Å². The monoisotopic (exact) mass is 439 g/mol. The van der Waals surface area contributed by atoms with Gasteiger partial charge in [0.15, 0.2) is 5.13 Å². The summed E-state index contributed by atoms with van der Waals surface area (Å²) >= 11 is 1.26. The van der Waals surface area contributed by atoms with E-state index in [0.29, 0.717) is 29.6 Å². The summed E-state index contributed by atoms with van der Waals surface area (Å²) in [5.74, 6) is -0.345. The molecule has 4 rings (SSSR count). The number of nitrogens with one attached hydrogen (secondary N) is 2. The highest BCUT2D eigenvalue weighted by Crippen LogP contribution is 2.19. The molecule has 9 heteroatoms. The minimum atomic E-state index is -0.476. The topological polar surface area (TPSA) is 77.6 Å². The number of piperazine rings is 1. The molecule has 0 atom stereocenters. The average Bonchev–Trinajstić information content (AvgIpc) is 3.22. The van der Waals surface area contributed by atoms with Crippen LogP contribution >= 0.6 is 11.3 Å². The fraction of sp³-hybridized carbons (Fsp3) is 0.227. The number of urea groups is 1. The highest BCUT2D eigenvalue weighted by Gasteiger charge is 2.22. The smallest absolute Gasteiger partial charge is 0.325 e. The second kappa shape index (κ2) is 9.57. The molecule has 31 heavy (non-hydrogen) atoms. The first-order valence-corrected chi connectivity index (χ1v) is 10.8. The van der Waals surface area contributed by atoms with E-state index < -0.39 is 6.03 Å². The molecule has 2 N–H and O–H groups in total. The minimum absolute atomic E-state index is 0.0281. The third-order valence-corrected chi connectivity index (χ3v) is 5.77. The Kier molecular flexibility index (Phi) is 6.42. The molecule has 0 saturated carbocycles. The normalized spacial score (nSPS) is 13.7. The van der Waals surface area contributed by atoms with Crippen LogP contribution in [0.5, 0.6) is 0 Å². The van der Waals surface area contributed by atoms with Crippen LogP contribution in [0.4, 0.5) is 25.7 Å². The maximum absolute atomic E-state index is 12.9. The van der Waals surface area contributed by atoms with E-state index in [0.717, 1.165) is 13.1 Å². The quantitative estimate of drug-likeness (QED) is 0.634. The largest absolute Gasteiger partial charge is 0.368 e. The molecule has 0 spiro atoms. The van der Waals surface area contributed by atoms with Crippen LogP contribution in [-0.4, -0.2) is 48.0 Å². The van der Waals surface area contributed by atoms with Crippen LogP contribution < -0.4 is 15.5 Å². The van der Waals surface area contributed by atoms with Crippen molar-refractivity contribution in [2.24, 2.45) is 0 Å². The minimum Gasteiger partial charge on any atom is -0.368 e. The summed E-state index contributed by atoms with van der Waals surface area (Å²) in [4.78, 5) is 33.2. The molecule has 3 amide bonds. The summed E-state index contributed by atoms with van der Waals surface area (Å²) in [6.07, 6.45) is 0.198. The number of hydrogen-bond acceptors (Lipinski definition) is 5. The van der Waals surface area contributed by atoms with Crippen LogP contribution in [0.1, 0.15) is 5.69 Å². The first-order chi connectivity index (χ1) is 15.1. The predicted molar refractivity (Wildman–Crippen MR) is 120 cm³/mol. The standard InChI is InChI=1S/C22H22FN5O2S/c23-16-6-8-17(9-7-16)24-21(30)26-22-25-18(15-31-22)14-20(29)28-12-10-27(11-13-28)19-4-2-1-3-5-19/h1-9,15H,10-14H2,(H2,24,25,26,30). The molecular formula is C22H22FN5O2S. The first-order valence-electron chi connectivity index (χ1n) is 9.92. The highest BCUT2D eigenvalue weighted by atomic mass is 32.1. The second-order valence-electron chi connectivity index (χ2n) is 7.11. The van der Waals surface area contributed by atoms with Gasteiger partial charge in [-0.2, -0.15) is 0 Å². The van der Waals surface area contributed by atoms with Crippen molar-refractivity contribution in [2.75, 3.05) is 41.7 Å². The van der Waals surface area contributed by atoms with Gasteiger partial charge in [0.2, 0.25) is 5.91 Å². The summed E-state index contributed by atoms with van der Waals surface area (Å²) in [6, 6.07) is 15.2. The van der Waals surface area contributed by atoms with Crippen LogP contribution in [0.25, 0.3) is 0 Å². The molecule has 160 valence electrons. The third kappa shape index (κ3) is 5.58. The molecule has 2 aromatic carbocycles.